The molecule has 0 amide bonds. The van der Waals surface area contributed by atoms with E-state index in [0.29, 0.717) is 5.82 Å². The molecular weight excluding hydrogens is 242 g/mol. The summed E-state index contributed by atoms with van der Waals surface area (Å²) in [5.41, 5.74) is 1.34. The van der Waals surface area contributed by atoms with Gasteiger partial charge in [0, 0.05) is 18.8 Å². The van der Waals surface area contributed by atoms with Crippen molar-refractivity contribution >= 4 is 11.5 Å². The molecule has 1 N–H and O–H groups in total. The number of benzene rings is 1. The molecule has 5 nitrogen and oxygen atoms in total. The minimum absolute atomic E-state index is 0.0561. The Morgan fingerprint density at radius 3 is 2.74 bits per heavy atom. The summed E-state index contributed by atoms with van der Waals surface area (Å²) in [7, 11) is 0. The van der Waals surface area contributed by atoms with Crippen LogP contribution in [0, 0.1) is 10.1 Å². The number of aromatic nitrogens is 1. The lowest BCUT2D eigenvalue weighted by molar-refractivity contribution is -0.384. The van der Waals surface area contributed by atoms with Gasteiger partial charge in [-0.25, -0.2) is 4.98 Å². The van der Waals surface area contributed by atoms with Crippen molar-refractivity contribution in [1.82, 2.24) is 4.98 Å². The van der Waals surface area contributed by atoms with Gasteiger partial charge in [0.15, 0.2) is 0 Å². The fraction of sp³-hybridized carbons (Fsp3) is 0.214. The van der Waals surface area contributed by atoms with Gasteiger partial charge in [-0.15, -0.1) is 0 Å². The molecule has 5 heteroatoms. The lowest BCUT2D eigenvalue weighted by Gasteiger charge is -2.05. The van der Waals surface area contributed by atoms with Gasteiger partial charge in [-0.1, -0.05) is 30.3 Å². The molecule has 0 unspecified atom stereocenters. The van der Waals surface area contributed by atoms with Crippen LogP contribution in [-0.4, -0.2) is 16.5 Å². The van der Waals surface area contributed by atoms with Crippen LogP contribution in [0.15, 0.2) is 48.7 Å². The van der Waals surface area contributed by atoms with E-state index in [4.69, 9.17) is 0 Å². The number of rotatable bonds is 6. The Hall–Kier alpha value is -2.43. The predicted octanol–water partition coefficient (Wildman–Crippen LogP) is 3.03. The van der Waals surface area contributed by atoms with Crippen molar-refractivity contribution in [3.8, 4) is 0 Å². The van der Waals surface area contributed by atoms with Crippen LogP contribution in [0.5, 0.6) is 0 Å². The van der Waals surface area contributed by atoms with E-state index in [2.05, 4.69) is 22.4 Å². The number of nitrogens with one attached hydrogen (secondary N) is 1. The van der Waals surface area contributed by atoms with Gasteiger partial charge >= 0.3 is 0 Å². The molecule has 2 rings (SSSR count). The third-order valence-corrected chi connectivity index (χ3v) is 2.75. The van der Waals surface area contributed by atoms with Crippen molar-refractivity contribution in [3.05, 3.63) is 64.3 Å². The summed E-state index contributed by atoms with van der Waals surface area (Å²) in [5.74, 6) is 0.544. The van der Waals surface area contributed by atoms with Crippen LogP contribution >= 0.6 is 0 Å². The maximum Gasteiger partial charge on any atom is 0.274 e. The molecule has 0 fully saturated rings. The maximum atomic E-state index is 10.6. The number of nitro groups is 1. The monoisotopic (exact) mass is 257 g/mol. The lowest BCUT2D eigenvalue weighted by Crippen LogP contribution is -2.04. The number of hydrogen-bond acceptors (Lipinski definition) is 4. The maximum absolute atomic E-state index is 10.6. The first-order valence-corrected chi connectivity index (χ1v) is 6.14. The third kappa shape index (κ3) is 4.06. The number of hydrogen-bond donors (Lipinski definition) is 1. The highest BCUT2D eigenvalue weighted by Gasteiger charge is 2.05. The largest absolute Gasteiger partial charge is 0.370 e. The fourth-order valence-corrected chi connectivity index (χ4v) is 1.78. The smallest absolute Gasteiger partial charge is 0.274 e. The van der Waals surface area contributed by atoms with Crippen LogP contribution in [0.1, 0.15) is 12.0 Å². The zero-order chi connectivity index (χ0) is 13.5. The van der Waals surface area contributed by atoms with Gasteiger partial charge < -0.3 is 5.32 Å². The minimum atomic E-state index is -0.420. The number of nitrogens with zero attached hydrogens (tertiary/aromatic N) is 2. The van der Waals surface area contributed by atoms with E-state index in [-0.39, 0.29) is 5.69 Å². The van der Waals surface area contributed by atoms with E-state index in [1.54, 1.807) is 0 Å². The average molecular weight is 257 g/mol. The molecule has 0 radical (unpaired) electrons. The molecule has 1 heterocycles. The summed E-state index contributed by atoms with van der Waals surface area (Å²) < 4.78 is 0. The molecule has 0 aliphatic rings. The van der Waals surface area contributed by atoms with Gasteiger partial charge in [0.2, 0.25) is 0 Å². The Morgan fingerprint density at radius 2 is 2.00 bits per heavy atom. The van der Waals surface area contributed by atoms with Crippen molar-refractivity contribution in [2.45, 2.75) is 12.8 Å². The van der Waals surface area contributed by atoms with Gasteiger partial charge in [0.05, 0.1) is 11.0 Å². The zero-order valence-electron chi connectivity index (χ0n) is 10.5. The van der Waals surface area contributed by atoms with E-state index in [1.165, 1.54) is 23.9 Å². The zero-order valence-corrected chi connectivity index (χ0v) is 10.5. The number of anilines is 1. The highest BCUT2D eigenvalue weighted by atomic mass is 16.6. The van der Waals surface area contributed by atoms with Crippen LogP contribution in [0.3, 0.4) is 0 Å². The first kappa shape index (κ1) is 13.0. The van der Waals surface area contributed by atoms with Crippen molar-refractivity contribution < 1.29 is 4.92 Å². The molecule has 0 aliphatic heterocycles. The van der Waals surface area contributed by atoms with E-state index >= 15 is 0 Å². The van der Waals surface area contributed by atoms with E-state index in [1.807, 2.05) is 18.2 Å². The van der Waals surface area contributed by atoms with Crippen molar-refractivity contribution in [2.75, 3.05) is 11.9 Å². The molecule has 0 atom stereocenters. The van der Waals surface area contributed by atoms with Crippen LogP contribution in [0.2, 0.25) is 0 Å². The highest BCUT2D eigenvalue weighted by Crippen LogP contribution is 2.14. The normalized spacial score (nSPS) is 10.1. The summed E-state index contributed by atoms with van der Waals surface area (Å²) in [6, 6.07) is 13.0. The molecule has 98 valence electrons. The van der Waals surface area contributed by atoms with Gasteiger partial charge in [0.25, 0.3) is 5.69 Å². The first-order valence-electron chi connectivity index (χ1n) is 6.14. The minimum Gasteiger partial charge on any atom is -0.370 e. The number of aryl methyl sites for hydroxylation is 1. The molecule has 1 aromatic heterocycles. The van der Waals surface area contributed by atoms with Gasteiger partial charge in [0.1, 0.15) is 5.82 Å². The molecule has 19 heavy (non-hydrogen) atoms. The molecule has 2 aromatic rings. The Labute approximate surface area is 111 Å². The molecule has 0 saturated heterocycles. The van der Waals surface area contributed by atoms with Crippen LogP contribution in [0.25, 0.3) is 0 Å². The Balaban J connectivity index is 1.80. The summed E-state index contributed by atoms with van der Waals surface area (Å²) in [6.45, 7) is 0.739. The molecule has 0 aliphatic carbocycles. The molecule has 0 saturated carbocycles. The second-order valence-electron chi connectivity index (χ2n) is 4.17. The highest BCUT2D eigenvalue weighted by molar-refractivity contribution is 5.44. The molecule has 0 bridgehead atoms. The second-order valence-corrected chi connectivity index (χ2v) is 4.17. The van der Waals surface area contributed by atoms with Crippen LogP contribution in [0.4, 0.5) is 11.5 Å². The molecule has 0 spiro atoms. The lowest BCUT2D eigenvalue weighted by atomic mass is 10.1. The summed E-state index contributed by atoms with van der Waals surface area (Å²) in [6.07, 6.45) is 3.37. The van der Waals surface area contributed by atoms with Crippen LogP contribution < -0.4 is 5.32 Å². The van der Waals surface area contributed by atoms with Crippen molar-refractivity contribution in [3.63, 3.8) is 0 Å². The van der Waals surface area contributed by atoms with E-state index in [9.17, 15) is 10.1 Å². The van der Waals surface area contributed by atoms with E-state index in [0.717, 1.165) is 19.4 Å². The van der Waals surface area contributed by atoms with Crippen molar-refractivity contribution in [1.29, 1.82) is 0 Å². The Morgan fingerprint density at radius 1 is 1.21 bits per heavy atom. The Kier molecular flexibility index (Phi) is 4.44. The fourth-order valence-electron chi connectivity index (χ4n) is 1.78. The standard InChI is InChI=1S/C14H15N3O2/c18-17(19)13-8-10-16-14(11-13)15-9-4-7-12-5-2-1-3-6-12/h1-3,5-6,8,10-11H,4,7,9H2,(H,15,16). The van der Waals surface area contributed by atoms with Crippen LogP contribution in [-0.2, 0) is 6.42 Å². The SMILES string of the molecule is O=[N+]([O-])c1ccnc(NCCCc2ccccc2)c1. The molecule has 1 aromatic carbocycles. The van der Waals surface area contributed by atoms with Crippen molar-refractivity contribution in [2.24, 2.45) is 0 Å². The van der Waals surface area contributed by atoms with Gasteiger partial charge in [-0.2, -0.15) is 0 Å². The van der Waals surface area contributed by atoms with Gasteiger partial charge in [-0.3, -0.25) is 10.1 Å². The first-order chi connectivity index (χ1) is 9.25. The summed E-state index contributed by atoms with van der Waals surface area (Å²) in [4.78, 5) is 14.2. The quantitative estimate of drug-likeness (QED) is 0.490. The summed E-state index contributed by atoms with van der Waals surface area (Å²) >= 11 is 0. The average Bonchev–Trinajstić information content (AvgIpc) is 2.45. The number of pyridine rings is 1. The predicted molar refractivity (Wildman–Crippen MR) is 74.1 cm³/mol. The summed E-state index contributed by atoms with van der Waals surface area (Å²) in [5, 5.41) is 13.7. The third-order valence-electron chi connectivity index (χ3n) is 2.75. The topological polar surface area (TPSA) is 68.1 Å². The Bertz CT molecular complexity index is 543. The molecular formula is C14H15N3O2. The second kappa shape index (κ2) is 6.49. The van der Waals surface area contributed by atoms with E-state index < -0.39 is 4.92 Å². The van der Waals surface area contributed by atoms with Gasteiger partial charge in [-0.05, 0) is 18.4 Å².